The van der Waals surface area contributed by atoms with E-state index in [1.807, 2.05) is 0 Å². The van der Waals surface area contributed by atoms with Crippen molar-refractivity contribution in [3.8, 4) is 0 Å². The molecule has 0 bridgehead atoms. The van der Waals surface area contributed by atoms with Crippen LogP contribution in [0.25, 0.3) is 0 Å². The van der Waals surface area contributed by atoms with Crippen molar-refractivity contribution in [2.24, 2.45) is 0 Å². The molecule has 0 saturated carbocycles. The van der Waals surface area contributed by atoms with Gasteiger partial charge in [-0.3, -0.25) is 9.05 Å². The van der Waals surface area contributed by atoms with Crippen LogP contribution in [0.4, 0.5) is 0 Å². The topological polar surface area (TPSA) is 55.8 Å². The number of phosphoric ester groups is 1. The van der Waals surface area contributed by atoms with E-state index in [4.69, 9.17) is 57.6 Å². The Morgan fingerprint density at radius 2 is 1.32 bits per heavy atom. The van der Waals surface area contributed by atoms with E-state index in [-0.39, 0.29) is 0 Å². The standard InChI is InChI=1S/C19H42NO4P/c1-5-6-7-8-9-10-11-12-13-14-15-16-18-23-25(21,22)24-19-17-20(2,3)4/h5-19H2,1-4H3/p+1/i1D3,2D3,3D3,4D3,5D2,6D2,7D2,8D2,9D2,10D2,11D2,12D2,13D2,14D2,15D2,16D2,17D2,18D2,19D2. The Bertz CT molecular complexity index is 1810. The molecule has 0 spiro atoms. The van der Waals surface area contributed by atoms with E-state index in [1.165, 1.54) is 0 Å². The molecule has 5 nitrogen and oxygen atoms in total. The predicted molar refractivity (Wildman–Crippen MR) is 106 cm³/mol. The lowest BCUT2D eigenvalue weighted by molar-refractivity contribution is -0.870. The molecule has 0 heterocycles. The van der Waals surface area contributed by atoms with Gasteiger partial charge in [0.25, 0.3) is 0 Å². The molecule has 0 aliphatic rings. The van der Waals surface area contributed by atoms with Gasteiger partial charge < -0.3 is 9.38 Å². The second kappa shape index (κ2) is 15.2. The molecule has 0 aliphatic heterocycles. The van der Waals surface area contributed by atoms with E-state index in [1.54, 1.807) is 0 Å². The zero-order valence-corrected chi connectivity index (χ0v) is 13.0. The van der Waals surface area contributed by atoms with Gasteiger partial charge in [0.1, 0.15) is 13.1 Å². The summed E-state index contributed by atoms with van der Waals surface area (Å²) in [5.41, 5.74) is 0. The number of rotatable bonds is 18. The molecule has 25 heavy (non-hydrogen) atoms. The van der Waals surface area contributed by atoms with Crippen molar-refractivity contribution in [2.75, 3.05) is 40.5 Å². The van der Waals surface area contributed by atoms with Crippen LogP contribution in [0.1, 0.15) is 141 Å². The monoisotopic (exact) mass is 423 g/mol. The largest absolute Gasteiger partial charge is 0.472 e. The highest BCUT2D eigenvalue weighted by molar-refractivity contribution is 7.47. The van der Waals surface area contributed by atoms with Crippen LogP contribution in [0.3, 0.4) is 0 Å². The molecular weight excluding hydrogens is 337 g/mol. The molecule has 0 aliphatic carbocycles. The number of hydrogen-bond acceptors (Lipinski definition) is 3. The highest BCUT2D eigenvalue weighted by Crippen LogP contribution is 2.43. The Balaban J connectivity index is 7.75. The maximum Gasteiger partial charge on any atom is 0.472 e. The minimum Gasteiger partial charge on any atom is -0.329 e. The molecule has 0 aromatic heterocycles. The quantitative estimate of drug-likeness (QED) is 0.233. The third-order valence-corrected chi connectivity index (χ3v) is 1.92. The highest BCUT2D eigenvalue weighted by atomic mass is 31.2. The molecule has 0 aromatic rings. The fraction of sp³-hybridized carbons (Fsp3) is 1.00. The van der Waals surface area contributed by atoms with Crippen molar-refractivity contribution >= 4 is 7.82 Å². The van der Waals surface area contributed by atoms with Crippen LogP contribution in [0.15, 0.2) is 0 Å². The Labute approximate surface area is 215 Å². The molecule has 1 unspecified atom stereocenters. The molecule has 0 amide bonds. The van der Waals surface area contributed by atoms with Gasteiger partial charge >= 0.3 is 7.82 Å². The van der Waals surface area contributed by atoms with E-state index in [0.29, 0.717) is 0 Å². The average Bonchev–Trinajstić information content (AvgIpc) is 2.99. The summed E-state index contributed by atoms with van der Waals surface area (Å²) >= 11 is 0. The summed E-state index contributed by atoms with van der Waals surface area (Å²) in [5, 5.41) is 0. The minimum absolute atomic E-state index is 3.81. The zero-order valence-electron chi connectivity index (χ0n) is 54.1. The van der Waals surface area contributed by atoms with Gasteiger partial charge in [0.15, 0.2) is 0 Å². The zero-order chi connectivity index (χ0) is 55.9. The van der Waals surface area contributed by atoms with Crippen LogP contribution >= 0.6 is 7.82 Å². The van der Waals surface area contributed by atoms with E-state index in [9.17, 15) is 9.46 Å². The van der Waals surface area contributed by atoms with Crippen molar-refractivity contribution in [3.05, 3.63) is 0 Å². The molecule has 0 radical (unpaired) electrons. The molecule has 0 rings (SSSR count). The minimum atomic E-state index is -7.23. The number of hydrogen-bond donors (Lipinski definition) is 1. The fourth-order valence-corrected chi connectivity index (χ4v) is 0.938. The molecule has 152 valence electrons. The number of likely N-dealkylation sites (N-methyl/N-ethyl adjacent to an activating group) is 1. The lowest BCUT2D eigenvalue weighted by atomic mass is 10.1. The van der Waals surface area contributed by atoms with Crippen LogP contribution in [0, 0.1) is 0 Å². The van der Waals surface area contributed by atoms with Crippen molar-refractivity contribution in [1.29, 1.82) is 0 Å². The number of nitrogens with zero attached hydrogens (tertiary/aromatic N) is 1. The molecule has 1 N–H and O–H groups in total. The predicted octanol–water partition coefficient (Wildman–Crippen LogP) is 5.53. The first-order valence-electron chi connectivity index (χ1n) is 26.6. The third kappa shape index (κ3) is 20.2. The van der Waals surface area contributed by atoms with Crippen LogP contribution in [0.5, 0.6) is 0 Å². The second-order valence-electron chi connectivity index (χ2n) is 3.14. The Morgan fingerprint density at radius 1 is 0.840 bits per heavy atom. The van der Waals surface area contributed by atoms with Crippen LogP contribution < -0.4 is 0 Å². The maximum absolute atomic E-state index is 13.1. The summed E-state index contributed by atoms with van der Waals surface area (Å²) in [4.78, 5) is 10.3. The fourth-order valence-electron chi connectivity index (χ4n) is 0.584. The van der Waals surface area contributed by atoms with Crippen LogP contribution in [-0.2, 0) is 13.6 Å². The van der Waals surface area contributed by atoms with Crippen LogP contribution in [-0.4, -0.2) is 49.9 Å². The van der Waals surface area contributed by atoms with E-state index >= 15 is 0 Å². The van der Waals surface area contributed by atoms with Crippen LogP contribution in [0.2, 0.25) is 0 Å². The van der Waals surface area contributed by atoms with Crippen molar-refractivity contribution in [3.63, 3.8) is 0 Å². The summed E-state index contributed by atoms with van der Waals surface area (Å²) in [7, 11) is -7.23. The smallest absolute Gasteiger partial charge is 0.329 e. The van der Waals surface area contributed by atoms with Crippen molar-refractivity contribution < 1.29 is 80.6 Å². The Kier molecular flexibility index (Phi) is 2.02. The lowest BCUT2D eigenvalue weighted by Gasteiger charge is -2.24. The van der Waals surface area contributed by atoms with Gasteiger partial charge in [-0.1, -0.05) is 77.0 Å². The third-order valence-electron chi connectivity index (χ3n) is 1.27. The van der Waals surface area contributed by atoms with E-state index in [0.717, 1.165) is 0 Å². The average molecular weight is 423 g/mol. The Morgan fingerprint density at radius 3 is 1.84 bits per heavy atom. The highest BCUT2D eigenvalue weighted by Gasteiger charge is 2.21. The Hall–Kier alpha value is 0.0700. The van der Waals surface area contributed by atoms with Gasteiger partial charge in [-0.15, -0.1) is 0 Å². The maximum atomic E-state index is 13.1. The first-order valence-corrected chi connectivity index (χ1v) is 7.05. The summed E-state index contributed by atoms with van der Waals surface area (Å²) in [5.74, 6) is 0. The van der Waals surface area contributed by atoms with Crippen molar-refractivity contribution in [1.82, 2.24) is 0 Å². The molecule has 6 heteroatoms. The van der Waals surface area contributed by atoms with Gasteiger partial charge in [0.05, 0.1) is 48.0 Å². The number of phosphoric acid groups is 1. The molecule has 0 aromatic carbocycles. The second-order valence-corrected chi connectivity index (χ2v) is 4.44. The summed E-state index contributed by atoms with van der Waals surface area (Å²) in [6.45, 7) is -33.8. The lowest BCUT2D eigenvalue weighted by Crippen LogP contribution is -2.37. The van der Waals surface area contributed by atoms with E-state index < -0.39 is 136 Å². The summed E-state index contributed by atoms with van der Waals surface area (Å²) in [6.07, 6.45) is -61.8. The first-order chi connectivity index (χ1) is 27.9. The summed E-state index contributed by atoms with van der Waals surface area (Å²) < 4.78 is 349. The van der Waals surface area contributed by atoms with Crippen molar-refractivity contribution in [2.45, 2.75) is 83.3 Å². The molecule has 0 saturated heterocycles. The normalized spacial score (nSPS) is 50.1. The molecule has 0 fully saturated rings. The SMILES string of the molecule is [2H]C([2H])([2H])C([2H])([2H])C([2H])([2H])C([2H])([2H])C([2H])([2H])C([2H])([2H])C([2H])([2H])C([2H])([2H])C([2H])([2H])C([2H])([2H])C([2H])([2H])C([2H])([2H])C([2H])([2H])C([2H])([2H])OP(=O)(O)OC([2H])([2H])C([2H])([2H])[N+](C([2H])([2H])[2H])(C([2H])([2H])[2H])C([2H])([2H])[2H]. The molecular formula is C19H43NO4P+. The van der Waals surface area contributed by atoms with Gasteiger partial charge in [-0.05, 0) is 6.37 Å². The van der Waals surface area contributed by atoms with E-state index in [2.05, 4.69) is 9.05 Å². The molecule has 1 atom stereocenters. The summed E-state index contributed by atoms with van der Waals surface area (Å²) in [6, 6.07) is 0. The van der Waals surface area contributed by atoms with Gasteiger partial charge in [0.2, 0.25) is 0 Å². The first kappa shape index (κ1) is 3.33. The van der Waals surface area contributed by atoms with Gasteiger partial charge in [0, 0.05) is 37.0 Å². The number of quaternary nitrogens is 1. The van der Waals surface area contributed by atoms with Gasteiger partial charge in [-0.2, -0.15) is 0 Å². The van der Waals surface area contributed by atoms with Gasteiger partial charge in [-0.25, -0.2) is 4.57 Å².